The van der Waals surface area contributed by atoms with Crippen LogP contribution in [-0.4, -0.2) is 12.6 Å². The molecular weight excluding hydrogens is 191 g/mol. The normalized spacial score (nSPS) is 28.7. The highest BCUT2D eigenvalue weighted by molar-refractivity contribution is 5.68. The van der Waals surface area contributed by atoms with Crippen molar-refractivity contribution >= 4 is 11.4 Å². The number of hydrogen-bond acceptors (Lipinski definition) is 2. The van der Waals surface area contributed by atoms with Gasteiger partial charge >= 0.3 is 0 Å². The number of benzene rings is 1. The third kappa shape index (κ3) is 1.46. The second kappa shape index (κ2) is 3.12. The Bertz CT molecular complexity index is 391. The van der Waals surface area contributed by atoms with Crippen molar-refractivity contribution in [2.75, 3.05) is 17.2 Å². The summed E-state index contributed by atoms with van der Waals surface area (Å²) < 4.78 is 13.2. The van der Waals surface area contributed by atoms with E-state index < -0.39 is 0 Å². The molecule has 3 rings (SSSR count). The fourth-order valence-corrected chi connectivity index (χ4v) is 2.68. The van der Waals surface area contributed by atoms with Crippen LogP contribution in [0.25, 0.3) is 0 Å². The monoisotopic (exact) mass is 206 g/mol. The zero-order valence-corrected chi connectivity index (χ0v) is 8.62. The van der Waals surface area contributed by atoms with Gasteiger partial charge < -0.3 is 10.6 Å². The molecule has 1 saturated heterocycles. The van der Waals surface area contributed by atoms with Gasteiger partial charge in [-0.1, -0.05) is 0 Å². The average molecular weight is 206 g/mol. The van der Waals surface area contributed by atoms with Crippen molar-refractivity contribution in [2.24, 2.45) is 5.92 Å². The lowest BCUT2D eigenvalue weighted by Crippen LogP contribution is -2.32. The van der Waals surface area contributed by atoms with Crippen LogP contribution in [0.2, 0.25) is 0 Å². The maximum Gasteiger partial charge on any atom is 0.125 e. The lowest BCUT2D eigenvalue weighted by Gasteiger charge is -2.29. The Hall–Kier alpha value is -1.25. The third-order valence-electron chi connectivity index (χ3n) is 3.56. The van der Waals surface area contributed by atoms with Crippen LogP contribution in [0.3, 0.4) is 0 Å². The van der Waals surface area contributed by atoms with Crippen molar-refractivity contribution in [2.45, 2.75) is 25.3 Å². The molecule has 2 atom stereocenters. The number of nitrogen functional groups attached to an aromatic ring is 1. The number of nitrogens with zero attached hydrogens (tertiary/aromatic N) is 1. The van der Waals surface area contributed by atoms with Gasteiger partial charge in [0.1, 0.15) is 5.82 Å². The van der Waals surface area contributed by atoms with Crippen molar-refractivity contribution in [1.82, 2.24) is 0 Å². The Morgan fingerprint density at radius 3 is 3.13 bits per heavy atom. The van der Waals surface area contributed by atoms with E-state index in [4.69, 9.17) is 5.73 Å². The number of halogens is 1. The van der Waals surface area contributed by atoms with Gasteiger partial charge in [0.2, 0.25) is 0 Å². The highest BCUT2D eigenvalue weighted by atomic mass is 19.1. The van der Waals surface area contributed by atoms with Gasteiger partial charge in [0.15, 0.2) is 0 Å². The molecule has 1 aromatic carbocycles. The molecule has 15 heavy (non-hydrogen) atoms. The summed E-state index contributed by atoms with van der Waals surface area (Å²) in [4.78, 5) is 2.28. The second-order valence-electron chi connectivity index (χ2n) is 4.60. The number of fused-ring (bicyclic) bond motifs is 1. The summed E-state index contributed by atoms with van der Waals surface area (Å²) in [6, 6.07) is 5.28. The van der Waals surface area contributed by atoms with Crippen LogP contribution >= 0.6 is 0 Å². The Balaban J connectivity index is 1.94. The minimum absolute atomic E-state index is 0.193. The van der Waals surface area contributed by atoms with Gasteiger partial charge in [-0.2, -0.15) is 0 Å². The lowest BCUT2D eigenvalue weighted by atomic mass is 10.1. The van der Waals surface area contributed by atoms with Crippen molar-refractivity contribution < 1.29 is 4.39 Å². The zero-order chi connectivity index (χ0) is 10.4. The highest BCUT2D eigenvalue weighted by Crippen LogP contribution is 2.46. The molecule has 0 amide bonds. The van der Waals surface area contributed by atoms with Gasteiger partial charge in [-0.25, -0.2) is 4.39 Å². The zero-order valence-electron chi connectivity index (χ0n) is 8.62. The molecular formula is C12H15FN2. The fraction of sp³-hybridized carbons (Fsp3) is 0.500. The van der Waals surface area contributed by atoms with E-state index in [9.17, 15) is 4.39 Å². The summed E-state index contributed by atoms with van der Waals surface area (Å²) in [7, 11) is 0. The number of rotatable bonds is 1. The van der Waals surface area contributed by atoms with Crippen LogP contribution in [-0.2, 0) is 0 Å². The Kier molecular flexibility index (Phi) is 1.87. The molecule has 1 aliphatic heterocycles. The summed E-state index contributed by atoms with van der Waals surface area (Å²) in [5.74, 6) is 0.642. The number of hydrogen-bond donors (Lipinski definition) is 1. The minimum Gasteiger partial charge on any atom is -0.397 e. The molecule has 0 radical (unpaired) electrons. The number of anilines is 2. The lowest BCUT2D eigenvalue weighted by molar-refractivity contribution is 0.557. The van der Waals surface area contributed by atoms with Gasteiger partial charge in [-0.15, -0.1) is 0 Å². The van der Waals surface area contributed by atoms with E-state index in [-0.39, 0.29) is 5.82 Å². The molecule has 3 heteroatoms. The molecule has 80 valence electrons. The molecule has 2 aliphatic rings. The topological polar surface area (TPSA) is 29.3 Å². The van der Waals surface area contributed by atoms with Crippen LogP contribution in [0.1, 0.15) is 19.3 Å². The first-order valence-corrected chi connectivity index (χ1v) is 5.57. The van der Waals surface area contributed by atoms with E-state index in [0.29, 0.717) is 11.7 Å². The summed E-state index contributed by atoms with van der Waals surface area (Å²) in [5.41, 5.74) is 7.48. The molecule has 1 heterocycles. The van der Waals surface area contributed by atoms with Gasteiger partial charge in [-0.3, -0.25) is 0 Å². The highest BCUT2D eigenvalue weighted by Gasteiger charge is 2.44. The summed E-state index contributed by atoms with van der Waals surface area (Å²) in [6.45, 7) is 1.02. The van der Waals surface area contributed by atoms with Crippen LogP contribution in [0.5, 0.6) is 0 Å². The number of piperidine rings is 1. The van der Waals surface area contributed by atoms with Crippen LogP contribution in [0, 0.1) is 11.7 Å². The SMILES string of the molecule is Nc1ccc(F)cc1N1CCCC2CC21. The van der Waals surface area contributed by atoms with Crippen LogP contribution in [0.4, 0.5) is 15.8 Å². The summed E-state index contributed by atoms with van der Waals surface area (Å²) >= 11 is 0. The first-order chi connectivity index (χ1) is 7.25. The van der Waals surface area contributed by atoms with Crippen molar-refractivity contribution in [1.29, 1.82) is 0 Å². The second-order valence-corrected chi connectivity index (χ2v) is 4.60. The minimum atomic E-state index is -0.193. The first-order valence-electron chi connectivity index (χ1n) is 5.57. The molecule has 2 N–H and O–H groups in total. The van der Waals surface area contributed by atoms with E-state index in [1.165, 1.54) is 25.3 Å². The van der Waals surface area contributed by atoms with Gasteiger partial charge in [-0.05, 0) is 43.4 Å². The molecule has 2 unspecified atom stereocenters. The van der Waals surface area contributed by atoms with E-state index in [0.717, 1.165) is 18.2 Å². The predicted octanol–water partition coefficient (Wildman–Crippen LogP) is 2.40. The maximum atomic E-state index is 13.2. The van der Waals surface area contributed by atoms with Crippen molar-refractivity contribution in [3.05, 3.63) is 24.0 Å². The number of nitrogens with two attached hydrogens (primary N) is 1. The molecule has 0 spiro atoms. The van der Waals surface area contributed by atoms with Gasteiger partial charge in [0, 0.05) is 12.6 Å². The van der Waals surface area contributed by atoms with E-state index in [2.05, 4.69) is 4.90 Å². The Morgan fingerprint density at radius 1 is 1.40 bits per heavy atom. The molecule has 1 aromatic rings. The van der Waals surface area contributed by atoms with E-state index in [1.807, 2.05) is 0 Å². The van der Waals surface area contributed by atoms with Crippen molar-refractivity contribution in [3.63, 3.8) is 0 Å². The quantitative estimate of drug-likeness (QED) is 0.715. The molecule has 2 nitrogen and oxygen atoms in total. The summed E-state index contributed by atoms with van der Waals surface area (Å²) in [6.07, 6.45) is 3.80. The fourth-order valence-electron chi connectivity index (χ4n) is 2.68. The molecule has 2 fully saturated rings. The molecule has 0 bridgehead atoms. The van der Waals surface area contributed by atoms with Crippen molar-refractivity contribution in [3.8, 4) is 0 Å². The van der Waals surface area contributed by atoms with Gasteiger partial charge in [0.05, 0.1) is 11.4 Å². The largest absolute Gasteiger partial charge is 0.397 e. The van der Waals surface area contributed by atoms with Crippen LogP contribution < -0.4 is 10.6 Å². The average Bonchev–Trinajstić information content (AvgIpc) is 3.00. The standard InChI is InChI=1S/C12H15FN2/c13-9-3-4-10(14)12(7-9)15-5-1-2-8-6-11(8)15/h3-4,7-8,11H,1-2,5-6,14H2. The van der Waals surface area contributed by atoms with Gasteiger partial charge in [0.25, 0.3) is 0 Å². The smallest absolute Gasteiger partial charge is 0.125 e. The predicted molar refractivity (Wildman–Crippen MR) is 59.3 cm³/mol. The maximum absolute atomic E-state index is 13.2. The first kappa shape index (κ1) is 9.01. The third-order valence-corrected chi connectivity index (χ3v) is 3.56. The van der Waals surface area contributed by atoms with E-state index in [1.54, 1.807) is 12.1 Å². The Morgan fingerprint density at radius 2 is 2.27 bits per heavy atom. The molecule has 1 saturated carbocycles. The Labute approximate surface area is 88.9 Å². The molecule has 1 aliphatic carbocycles. The summed E-state index contributed by atoms with van der Waals surface area (Å²) in [5, 5.41) is 0. The molecule has 0 aromatic heterocycles. The van der Waals surface area contributed by atoms with Crippen LogP contribution in [0.15, 0.2) is 18.2 Å². The van der Waals surface area contributed by atoms with E-state index >= 15 is 0 Å².